The Morgan fingerprint density at radius 1 is 1.32 bits per heavy atom. The third-order valence-electron chi connectivity index (χ3n) is 4.73. The van der Waals surface area contributed by atoms with E-state index in [2.05, 4.69) is 10.4 Å². The first kappa shape index (κ1) is 18.2. The number of carbonyl (C=O) groups is 1. The molecule has 1 aliphatic rings. The molecule has 146 valence electrons. The molecule has 0 unspecified atom stereocenters. The minimum atomic E-state index is -0.101. The standard InChI is InChI=1S/C21H23N3O4/c1-13(2)28-18-7-6-14(9-19(18)26-3)16-10-20(25)23-21-17(16)11-22-24(21)12-15-5-4-8-27-15/h4-9,11,13,16H,10,12H2,1-3H3,(H,23,25)/t16-/m1/s1. The lowest BCUT2D eigenvalue weighted by Crippen LogP contribution is -2.25. The van der Waals surface area contributed by atoms with Crippen molar-refractivity contribution < 1.29 is 18.7 Å². The van der Waals surface area contributed by atoms with Crippen LogP contribution in [0.3, 0.4) is 0 Å². The fraction of sp³-hybridized carbons (Fsp3) is 0.333. The number of hydrogen-bond donors (Lipinski definition) is 1. The van der Waals surface area contributed by atoms with E-state index in [1.807, 2.05) is 50.4 Å². The van der Waals surface area contributed by atoms with E-state index in [0.29, 0.717) is 30.3 Å². The molecular weight excluding hydrogens is 358 g/mol. The van der Waals surface area contributed by atoms with Gasteiger partial charge in [0.05, 0.1) is 25.7 Å². The number of anilines is 1. The highest BCUT2D eigenvalue weighted by molar-refractivity contribution is 5.94. The summed E-state index contributed by atoms with van der Waals surface area (Å²) in [5, 5.41) is 7.42. The van der Waals surface area contributed by atoms with Crippen molar-refractivity contribution in [2.45, 2.75) is 38.8 Å². The quantitative estimate of drug-likeness (QED) is 0.703. The summed E-state index contributed by atoms with van der Waals surface area (Å²) in [5.74, 6) is 2.69. The molecule has 3 aromatic rings. The summed E-state index contributed by atoms with van der Waals surface area (Å²) >= 11 is 0. The second-order valence-corrected chi connectivity index (χ2v) is 7.07. The number of hydrogen-bond acceptors (Lipinski definition) is 5. The minimum Gasteiger partial charge on any atom is -0.493 e. The number of aromatic nitrogens is 2. The number of nitrogens with zero attached hydrogens (tertiary/aromatic N) is 2. The Kier molecular flexibility index (Phi) is 4.81. The normalized spacial score (nSPS) is 16.0. The van der Waals surface area contributed by atoms with E-state index in [4.69, 9.17) is 13.9 Å². The Labute approximate surface area is 163 Å². The molecule has 1 aromatic carbocycles. The number of methoxy groups -OCH3 is 1. The van der Waals surface area contributed by atoms with Crippen LogP contribution < -0.4 is 14.8 Å². The molecule has 0 aliphatic carbocycles. The molecule has 28 heavy (non-hydrogen) atoms. The minimum absolute atomic E-state index is 0.0415. The third-order valence-corrected chi connectivity index (χ3v) is 4.73. The van der Waals surface area contributed by atoms with Gasteiger partial charge < -0.3 is 19.2 Å². The first-order valence-electron chi connectivity index (χ1n) is 9.27. The van der Waals surface area contributed by atoms with Crippen LogP contribution in [-0.4, -0.2) is 28.9 Å². The van der Waals surface area contributed by atoms with Crippen molar-refractivity contribution in [2.24, 2.45) is 0 Å². The van der Waals surface area contributed by atoms with E-state index >= 15 is 0 Å². The van der Waals surface area contributed by atoms with Gasteiger partial charge in [-0.15, -0.1) is 0 Å². The average molecular weight is 381 g/mol. The molecule has 0 spiro atoms. The molecular formula is C21H23N3O4. The van der Waals surface area contributed by atoms with E-state index in [0.717, 1.165) is 16.9 Å². The first-order chi connectivity index (χ1) is 13.5. The number of furan rings is 1. The van der Waals surface area contributed by atoms with Crippen molar-refractivity contribution in [3.63, 3.8) is 0 Å². The number of fused-ring (bicyclic) bond motifs is 1. The molecule has 0 saturated heterocycles. The van der Waals surface area contributed by atoms with Crippen LogP contribution in [0.2, 0.25) is 0 Å². The van der Waals surface area contributed by atoms with Gasteiger partial charge in [-0.25, -0.2) is 4.68 Å². The average Bonchev–Trinajstić information content (AvgIpc) is 3.32. The molecule has 1 N–H and O–H groups in total. The lowest BCUT2D eigenvalue weighted by atomic mass is 9.87. The molecule has 4 rings (SSSR count). The zero-order valence-electron chi connectivity index (χ0n) is 16.1. The predicted octanol–water partition coefficient (Wildman–Crippen LogP) is 3.79. The first-order valence-corrected chi connectivity index (χ1v) is 9.27. The Balaban J connectivity index is 1.68. The summed E-state index contributed by atoms with van der Waals surface area (Å²) in [6, 6.07) is 9.54. The lowest BCUT2D eigenvalue weighted by Gasteiger charge is -2.24. The summed E-state index contributed by atoms with van der Waals surface area (Å²) in [5.41, 5.74) is 1.97. The molecule has 2 aromatic heterocycles. The summed E-state index contributed by atoms with van der Waals surface area (Å²) in [4.78, 5) is 12.4. The largest absolute Gasteiger partial charge is 0.493 e. The molecule has 0 bridgehead atoms. The van der Waals surface area contributed by atoms with E-state index in [1.54, 1.807) is 18.1 Å². The van der Waals surface area contributed by atoms with Crippen molar-refractivity contribution in [3.8, 4) is 11.5 Å². The molecule has 7 heteroatoms. The van der Waals surface area contributed by atoms with E-state index in [-0.39, 0.29) is 17.9 Å². The fourth-order valence-corrected chi connectivity index (χ4v) is 3.49. The van der Waals surface area contributed by atoms with Gasteiger partial charge in [-0.05, 0) is 43.7 Å². The lowest BCUT2D eigenvalue weighted by molar-refractivity contribution is -0.116. The highest BCUT2D eigenvalue weighted by Crippen LogP contribution is 2.40. The Morgan fingerprint density at radius 2 is 2.18 bits per heavy atom. The van der Waals surface area contributed by atoms with Crippen LogP contribution in [0.15, 0.2) is 47.2 Å². The Bertz CT molecular complexity index is 976. The smallest absolute Gasteiger partial charge is 0.226 e. The van der Waals surface area contributed by atoms with E-state index in [1.165, 1.54) is 0 Å². The van der Waals surface area contributed by atoms with Crippen LogP contribution in [0.4, 0.5) is 5.82 Å². The van der Waals surface area contributed by atoms with Crippen LogP contribution in [0.25, 0.3) is 0 Å². The summed E-state index contributed by atoms with van der Waals surface area (Å²) in [7, 11) is 1.62. The zero-order valence-corrected chi connectivity index (χ0v) is 16.1. The van der Waals surface area contributed by atoms with Gasteiger partial charge in [0.2, 0.25) is 5.91 Å². The maximum Gasteiger partial charge on any atom is 0.226 e. The summed E-state index contributed by atoms with van der Waals surface area (Å²) < 4.78 is 18.5. The van der Waals surface area contributed by atoms with Crippen molar-refractivity contribution in [1.29, 1.82) is 0 Å². The third kappa shape index (κ3) is 3.47. The van der Waals surface area contributed by atoms with Crippen molar-refractivity contribution in [1.82, 2.24) is 9.78 Å². The second kappa shape index (κ2) is 7.42. The van der Waals surface area contributed by atoms with Gasteiger partial charge in [0.15, 0.2) is 11.5 Å². The number of rotatable bonds is 6. The number of amides is 1. The Morgan fingerprint density at radius 3 is 2.89 bits per heavy atom. The molecule has 1 aliphatic heterocycles. The van der Waals surface area contributed by atoms with Gasteiger partial charge in [0, 0.05) is 17.9 Å². The number of nitrogens with one attached hydrogen (secondary N) is 1. The van der Waals surface area contributed by atoms with Crippen molar-refractivity contribution >= 4 is 11.7 Å². The maximum absolute atomic E-state index is 12.4. The van der Waals surface area contributed by atoms with Gasteiger partial charge in [-0.2, -0.15) is 5.10 Å². The number of ether oxygens (including phenoxy) is 2. The Hall–Kier alpha value is -3.22. The van der Waals surface area contributed by atoms with Gasteiger partial charge >= 0.3 is 0 Å². The molecule has 0 fully saturated rings. The van der Waals surface area contributed by atoms with Crippen LogP contribution in [0, 0.1) is 0 Å². The van der Waals surface area contributed by atoms with Crippen LogP contribution in [-0.2, 0) is 11.3 Å². The van der Waals surface area contributed by atoms with Crippen molar-refractivity contribution in [3.05, 3.63) is 59.7 Å². The molecule has 1 atom stereocenters. The van der Waals surface area contributed by atoms with Crippen LogP contribution in [0.5, 0.6) is 11.5 Å². The highest BCUT2D eigenvalue weighted by atomic mass is 16.5. The summed E-state index contributed by atoms with van der Waals surface area (Å²) in [6.45, 7) is 4.40. The van der Waals surface area contributed by atoms with Gasteiger partial charge in [0.1, 0.15) is 18.1 Å². The molecule has 0 radical (unpaired) electrons. The maximum atomic E-state index is 12.4. The van der Waals surface area contributed by atoms with Crippen LogP contribution >= 0.6 is 0 Å². The number of benzene rings is 1. The van der Waals surface area contributed by atoms with Crippen LogP contribution in [0.1, 0.15) is 43.1 Å². The number of carbonyl (C=O) groups excluding carboxylic acids is 1. The predicted molar refractivity (Wildman–Crippen MR) is 104 cm³/mol. The summed E-state index contributed by atoms with van der Waals surface area (Å²) in [6.07, 6.45) is 3.84. The van der Waals surface area contributed by atoms with E-state index < -0.39 is 0 Å². The van der Waals surface area contributed by atoms with Crippen molar-refractivity contribution in [2.75, 3.05) is 12.4 Å². The highest BCUT2D eigenvalue weighted by Gasteiger charge is 2.30. The van der Waals surface area contributed by atoms with Gasteiger partial charge in [-0.3, -0.25) is 4.79 Å². The topological polar surface area (TPSA) is 78.5 Å². The van der Waals surface area contributed by atoms with Gasteiger partial charge in [0.25, 0.3) is 0 Å². The van der Waals surface area contributed by atoms with Gasteiger partial charge in [-0.1, -0.05) is 6.07 Å². The second-order valence-electron chi connectivity index (χ2n) is 7.07. The monoisotopic (exact) mass is 381 g/mol. The molecule has 0 saturated carbocycles. The zero-order chi connectivity index (χ0) is 19.7. The SMILES string of the molecule is COc1cc([C@H]2CC(=O)Nc3c2cnn3Cc2ccco2)ccc1OC(C)C. The fourth-order valence-electron chi connectivity index (χ4n) is 3.49. The molecule has 3 heterocycles. The molecule has 1 amide bonds. The van der Waals surface area contributed by atoms with E-state index in [9.17, 15) is 4.79 Å². The molecule has 7 nitrogen and oxygen atoms in total.